The molecule has 88 valence electrons. The zero-order valence-corrected chi connectivity index (χ0v) is 9.70. The van der Waals surface area contributed by atoms with Gasteiger partial charge in [0.1, 0.15) is 5.82 Å². The van der Waals surface area contributed by atoms with Gasteiger partial charge in [-0.15, -0.1) is 0 Å². The predicted octanol–water partition coefficient (Wildman–Crippen LogP) is 2.39. The number of rotatable bonds is 2. The molecule has 1 unspecified atom stereocenters. The van der Waals surface area contributed by atoms with E-state index in [1.807, 2.05) is 0 Å². The van der Waals surface area contributed by atoms with Crippen LogP contribution in [0.3, 0.4) is 0 Å². The molecule has 0 amide bonds. The van der Waals surface area contributed by atoms with E-state index in [9.17, 15) is 9.50 Å². The van der Waals surface area contributed by atoms with Gasteiger partial charge in [0.2, 0.25) is 0 Å². The van der Waals surface area contributed by atoms with Crippen LogP contribution in [-0.4, -0.2) is 16.7 Å². The van der Waals surface area contributed by atoms with Crippen LogP contribution in [0.1, 0.15) is 38.4 Å². The lowest BCUT2D eigenvalue weighted by atomic mass is 10.0. The highest BCUT2D eigenvalue weighted by Crippen LogP contribution is 2.30. The molecule has 1 aliphatic heterocycles. The van der Waals surface area contributed by atoms with E-state index in [0.29, 0.717) is 0 Å². The molecule has 0 aliphatic carbocycles. The summed E-state index contributed by atoms with van der Waals surface area (Å²) in [6.07, 6.45) is 1.45. The standard InChI is InChI=1S/C13H18FNO/c1-13(2)8-7-11(15-13)12(16)9-3-5-10(14)6-4-9/h3-6,11-12,15-16H,7-8H2,1-2H3/t11?,12-/m0/s1. The van der Waals surface area contributed by atoms with Crippen LogP contribution in [0.4, 0.5) is 4.39 Å². The van der Waals surface area contributed by atoms with Crippen molar-refractivity contribution in [2.45, 2.75) is 44.4 Å². The molecule has 0 saturated carbocycles. The molecule has 2 N–H and O–H groups in total. The van der Waals surface area contributed by atoms with Crippen molar-refractivity contribution in [1.82, 2.24) is 5.32 Å². The lowest BCUT2D eigenvalue weighted by Gasteiger charge is -2.23. The molecule has 2 rings (SSSR count). The molecule has 1 aromatic rings. The van der Waals surface area contributed by atoms with Gasteiger partial charge in [0.25, 0.3) is 0 Å². The maximum Gasteiger partial charge on any atom is 0.123 e. The highest BCUT2D eigenvalue weighted by molar-refractivity contribution is 5.20. The third-order valence-electron chi connectivity index (χ3n) is 3.25. The maximum absolute atomic E-state index is 12.8. The van der Waals surface area contributed by atoms with Gasteiger partial charge in [-0.05, 0) is 44.4 Å². The largest absolute Gasteiger partial charge is 0.387 e. The fourth-order valence-corrected chi connectivity index (χ4v) is 2.29. The first-order valence-corrected chi connectivity index (χ1v) is 5.69. The molecule has 1 aromatic carbocycles. The van der Waals surface area contributed by atoms with Crippen molar-refractivity contribution in [2.75, 3.05) is 0 Å². The van der Waals surface area contributed by atoms with E-state index in [2.05, 4.69) is 19.2 Å². The Labute approximate surface area is 95.5 Å². The number of hydrogen-bond donors (Lipinski definition) is 2. The van der Waals surface area contributed by atoms with Crippen LogP contribution in [-0.2, 0) is 0 Å². The first-order chi connectivity index (χ1) is 7.48. The molecule has 0 spiro atoms. The molecule has 16 heavy (non-hydrogen) atoms. The van der Waals surface area contributed by atoms with Crippen LogP contribution < -0.4 is 5.32 Å². The third-order valence-corrected chi connectivity index (χ3v) is 3.25. The zero-order chi connectivity index (χ0) is 11.8. The van der Waals surface area contributed by atoms with Crippen molar-refractivity contribution in [3.63, 3.8) is 0 Å². The van der Waals surface area contributed by atoms with Gasteiger partial charge in [-0.2, -0.15) is 0 Å². The molecule has 1 heterocycles. The summed E-state index contributed by atoms with van der Waals surface area (Å²) < 4.78 is 12.8. The monoisotopic (exact) mass is 223 g/mol. The van der Waals surface area contributed by atoms with Gasteiger partial charge >= 0.3 is 0 Å². The van der Waals surface area contributed by atoms with E-state index < -0.39 is 6.10 Å². The lowest BCUT2D eigenvalue weighted by Crippen LogP contribution is -2.40. The van der Waals surface area contributed by atoms with E-state index >= 15 is 0 Å². The minimum atomic E-state index is -0.553. The summed E-state index contributed by atoms with van der Waals surface area (Å²) in [5.74, 6) is -0.268. The average molecular weight is 223 g/mol. The number of aliphatic hydroxyl groups is 1. The lowest BCUT2D eigenvalue weighted by molar-refractivity contribution is 0.131. The van der Waals surface area contributed by atoms with E-state index in [1.165, 1.54) is 12.1 Å². The molecule has 0 bridgehead atoms. The van der Waals surface area contributed by atoms with Gasteiger partial charge < -0.3 is 10.4 Å². The summed E-state index contributed by atoms with van der Waals surface area (Å²) in [4.78, 5) is 0. The fourth-order valence-electron chi connectivity index (χ4n) is 2.29. The van der Waals surface area contributed by atoms with Crippen molar-refractivity contribution < 1.29 is 9.50 Å². The third kappa shape index (κ3) is 2.42. The van der Waals surface area contributed by atoms with E-state index in [1.54, 1.807) is 12.1 Å². The van der Waals surface area contributed by atoms with Gasteiger partial charge in [-0.25, -0.2) is 4.39 Å². The summed E-state index contributed by atoms with van der Waals surface area (Å²) in [7, 11) is 0. The highest BCUT2D eigenvalue weighted by Gasteiger charge is 2.34. The average Bonchev–Trinajstić information content (AvgIpc) is 2.59. The second kappa shape index (κ2) is 4.15. The van der Waals surface area contributed by atoms with Gasteiger partial charge in [-0.1, -0.05) is 12.1 Å². The van der Waals surface area contributed by atoms with Crippen molar-refractivity contribution in [3.05, 3.63) is 35.6 Å². The van der Waals surface area contributed by atoms with Crippen molar-refractivity contribution in [1.29, 1.82) is 0 Å². The minimum Gasteiger partial charge on any atom is -0.387 e. The van der Waals surface area contributed by atoms with Gasteiger partial charge in [0, 0.05) is 11.6 Å². The normalized spacial score (nSPS) is 25.6. The smallest absolute Gasteiger partial charge is 0.123 e. The van der Waals surface area contributed by atoms with Crippen molar-refractivity contribution in [3.8, 4) is 0 Å². The molecule has 1 aliphatic rings. The van der Waals surface area contributed by atoms with Crippen LogP contribution in [0.25, 0.3) is 0 Å². The van der Waals surface area contributed by atoms with Gasteiger partial charge in [0.05, 0.1) is 6.10 Å². The van der Waals surface area contributed by atoms with Crippen LogP contribution >= 0.6 is 0 Å². The molecule has 0 radical (unpaired) electrons. The number of halogens is 1. The van der Waals surface area contributed by atoms with Gasteiger partial charge in [-0.3, -0.25) is 0 Å². The SMILES string of the molecule is CC1(C)CCC([C@@H](O)c2ccc(F)cc2)N1. The van der Waals surface area contributed by atoms with Gasteiger partial charge in [0.15, 0.2) is 0 Å². The first-order valence-electron chi connectivity index (χ1n) is 5.69. The second-order valence-corrected chi connectivity index (χ2v) is 5.17. The molecule has 1 saturated heterocycles. The second-order valence-electron chi connectivity index (χ2n) is 5.17. The van der Waals surface area contributed by atoms with E-state index in [0.717, 1.165) is 18.4 Å². The van der Waals surface area contributed by atoms with E-state index in [-0.39, 0.29) is 17.4 Å². The Morgan fingerprint density at radius 2 is 2.00 bits per heavy atom. The summed E-state index contributed by atoms with van der Waals surface area (Å²) in [5, 5.41) is 13.6. The number of hydrogen-bond acceptors (Lipinski definition) is 2. The summed E-state index contributed by atoms with van der Waals surface area (Å²) in [6.45, 7) is 4.26. The summed E-state index contributed by atoms with van der Waals surface area (Å²) in [6, 6.07) is 6.14. The maximum atomic E-state index is 12.8. The van der Waals surface area contributed by atoms with Crippen LogP contribution in [0.2, 0.25) is 0 Å². The van der Waals surface area contributed by atoms with Crippen LogP contribution in [0.5, 0.6) is 0 Å². The molecule has 3 heteroatoms. The van der Waals surface area contributed by atoms with Crippen molar-refractivity contribution >= 4 is 0 Å². The zero-order valence-electron chi connectivity index (χ0n) is 9.70. The Bertz CT molecular complexity index is 361. The number of benzene rings is 1. The Balaban J connectivity index is 2.08. The molecule has 0 aromatic heterocycles. The Kier molecular flexibility index (Phi) is 3.00. The molecule has 1 fully saturated rings. The van der Waals surface area contributed by atoms with Crippen LogP contribution in [0.15, 0.2) is 24.3 Å². The summed E-state index contributed by atoms with van der Waals surface area (Å²) >= 11 is 0. The molecular weight excluding hydrogens is 205 g/mol. The van der Waals surface area contributed by atoms with Crippen molar-refractivity contribution in [2.24, 2.45) is 0 Å². The molecular formula is C13H18FNO. The topological polar surface area (TPSA) is 32.3 Å². The molecule has 2 nitrogen and oxygen atoms in total. The molecule has 2 atom stereocenters. The minimum absolute atomic E-state index is 0.0699. The predicted molar refractivity (Wildman–Crippen MR) is 61.6 cm³/mol. The summed E-state index contributed by atoms with van der Waals surface area (Å²) in [5.41, 5.74) is 0.864. The Morgan fingerprint density at radius 3 is 2.50 bits per heavy atom. The Hall–Kier alpha value is -0.930. The first kappa shape index (κ1) is 11.6. The van der Waals surface area contributed by atoms with Crippen LogP contribution in [0, 0.1) is 5.82 Å². The Morgan fingerprint density at radius 1 is 1.38 bits per heavy atom. The highest BCUT2D eigenvalue weighted by atomic mass is 19.1. The number of nitrogens with one attached hydrogen (secondary N) is 1. The quantitative estimate of drug-likeness (QED) is 0.807. The number of aliphatic hydroxyl groups excluding tert-OH is 1. The fraction of sp³-hybridized carbons (Fsp3) is 0.538. The van der Waals surface area contributed by atoms with E-state index in [4.69, 9.17) is 0 Å².